The van der Waals surface area contributed by atoms with Gasteiger partial charge in [0.05, 0.1) is 13.2 Å². The first-order chi connectivity index (χ1) is 26.7. The van der Waals surface area contributed by atoms with Crippen LogP contribution < -0.4 is 9.47 Å². The van der Waals surface area contributed by atoms with Crippen molar-refractivity contribution in [1.82, 2.24) is 0 Å². The maximum Gasteiger partial charge on any atom is 0.143 e. The molecule has 2 heterocycles. The lowest BCUT2D eigenvalue weighted by Gasteiger charge is -2.24. The highest BCUT2D eigenvalue weighted by Gasteiger charge is 2.28. The molecule has 10 rings (SSSR count). The molecule has 0 saturated heterocycles. The molecular weight excluding hydrogens is 673 g/mol. The van der Waals surface area contributed by atoms with Gasteiger partial charge >= 0.3 is 0 Å². The maximum atomic E-state index is 10.2. The van der Waals surface area contributed by atoms with Gasteiger partial charge in [-0.3, -0.25) is 0 Å². The number of furan rings is 2. The third-order valence-electron chi connectivity index (χ3n) is 10.3. The molecule has 0 saturated carbocycles. The van der Waals surface area contributed by atoms with E-state index in [-0.39, 0.29) is 26.4 Å². The Hall–Kier alpha value is -6.60. The zero-order chi connectivity index (χ0) is 36.2. The summed E-state index contributed by atoms with van der Waals surface area (Å²) in [6, 6.07) is 49.3. The number of ether oxygens (including phenoxy) is 2. The molecule has 8 aromatic carbocycles. The van der Waals surface area contributed by atoms with Gasteiger partial charge in [-0.2, -0.15) is 0 Å². The highest BCUT2D eigenvalue weighted by atomic mass is 16.5. The Bertz CT molecular complexity index is 2830. The molecule has 10 aromatic rings. The fraction of sp³-hybridized carbons (Fsp3) is 0.0833. The largest absolute Gasteiger partial charge is 0.490 e. The molecule has 0 fully saturated rings. The van der Waals surface area contributed by atoms with Crippen LogP contribution in [0.3, 0.4) is 0 Å². The van der Waals surface area contributed by atoms with Crippen LogP contribution in [0.4, 0.5) is 0 Å². The van der Waals surface area contributed by atoms with Crippen molar-refractivity contribution in [3.63, 3.8) is 0 Å². The molecule has 262 valence electrons. The van der Waals surface area contributed by atoms with Gasteiger partial charge in [0.15, 0.2) is 0 Å². The second-order valence-electron chi connectivity index (χ2n) is 13.4. The average Bonchev–Trinajstić information content (AvgIpc) is 3.80. The number of hydrogen-bond acceptors (Lipinski definition) is 6. The summed E-state index contributed by atoms with van der Waals surface area (Å²) in [6.07, 6.45) is 0. The van der Waals surface area contributed by atoms with E-state index in [0.717, 1.165) is 98.8 Å². The summed E-state index contributed by atoms with van der Waals surface area (Å²) in [5.41, 5.74) is 8.12. The predicted octanol–water partition coefficient (Wildman–Crippen LogP) is 11.5. The van der Waals surface area contributed by atoms with Crippen LogP contribution in [0.15, 0.2) is 154 Å². The van der Waals surface area contributed by atoms with Gasteiger partial charge in [-0.15, -0.1) is 0 Å². The number of aliphatic hydroxyl groups excluding tert-OH is 2. The average molecular weight is 707 g/mol. The molecule has 0 radical (unpaired) electrons. The van der Waals surface area contributed by atoms with E-state index in [1.54, 1.807) is 0 Å². The van der Waals surface area contributed by atoms with Crippen LogP contribution in [0.1, 0.15) is 0 Å². The van der Waals surface area contributed by atoms with E-state index in [1.165, 1.54) is 0 Å². The topological polar surface area (TPSA) is 85.2 Å². The summed E-state index contributed by atoms with van der Waals surface area (Å²) >= 11 is 0. The van der Waals surface area contributed by atoms with Crippen molar-refractivity contribution in [1.29, 1.82) is 0 Å². The molecule has 6 nitrogen and oxygen atoms in total. The molecule has 6 heteroatoms. The van der Waals surface area contributed by atoms with Gasteiger partial charge in [-0.05, 0) is 45.8 Å². The number of para-hydroxylation sites is 4. The highest BCUT2D eigenvalue weighted by Crippen LogP contribution is 2.54. The Balaban J connectivity index is 1.36. The Labute approximate surface area is 310 Å². The van der Waals surface area contributed by atoms with Crippen molar-refractivity contribution in [2.75, 3.05) is 26.4 Å². The van der Waals surface area contributed by atoms with Gasteiger partial charge in [0, 0.05) is 54.9 Å². The number of fused-ring (bicyclic) bond motifs is 8. The zero-order valence-electron chi connectivity index (χ0n) is 29.2. The van der Waals surface area contributed by atoms with Crippen LogP contribution >= 0.6 is 0 Å². The van der Waals surface area contributed by atoms with Crippen LogP contribution in [0, 0.1) is 0 Å². The summed E-state index contributed by atoms with van der Waals surface area (Å²) in [6.45, 7) is -0.221. The molecule has 2 N–H and O–H groups in total. The molecule has 0 spiro atoms. The van der Waals surface area contributed by atoms with Crippen LogP contribution in [0.25, 0.3) is 98.8 Å². The van der Waals surface area contributed by atoms with E-state index < -0.39 is 0 Å². The Morgan fingerprint density at radius 3 is 1.22 bits per heavy atom. The first-order valence-electron chi connectivity index (χ1n) is 18.1. The van der Waals surface area contributed by atoms with Crippen molar-refractivity contribution in [3.8, 4) is 44.9 Å². The third-order valence-corrected chi connectivity index (χ3v) is 10.3. The fourth-order valence-electron chi connectivity index (χ4n) is 8.07. The smallest absolute Gasteiger partial charge is 0.143 e. The van der Waals surface area contributed by atoms with E-state index in [0.29, 0.717) is 11.5 Å². The van der Waals surface area contributed by atoms with Crippen molar-refractivity contribution >= 4 is 65.4 Å². The molecule has 54 heavy (non-hydrogen) atoms. The van der Waals surface area contributed by atoms with Crippen molar-refractivity contribution in [2.24, 2.45) is 0 Å². The molecule has 0 bridgehead atoms. The van der Waals surface area contributed by atoms with Gasteiger partial charge < -0.3 is 28.5 Å². The number of rotatable bonds is 9. The lowest BCUT2D eigenvalue weighted by molar-refractivity contribution is 0.201. The van der Waals surface area contributed by atoms with Crippen molar-refractivity contribution in [3.05, 3.63) is 146 Å². The Morgan fingerprint density at radius 2 is 0.778 bits per heavy atom. The van der Waals surface area contributed by atoms with Crippen LogP contribution in [0.2, 0.25) is 0 Å². The second-order valence-corrected chi connectivity index (χ2v) is 13.4. The summed E-state index contributed by atoms with van der Waals surface area (Å²) in [4.78, 5) is 0. The number of benzene rings is 8. The summed E-state index contributed by atoms with van der Waals surface area (Å²) in [5, 5.41) is 28.4. The minimum Gasteiger partial charge on any atom is -0.490 e. The highest BCUT2D eigenvalue weighted by molar-refractivity contribution is 6.18. The summed E-state index contributed by atoms with van der Waals surface area (Å²) in [7, 11) is 0. The normalized spacial score (nSPS) is 11.8. The van der Waals surface area contributed by atoms with Gasteiger partial charge in [-0.1, -0.05) is 121 Å². The molecule has 0 aliphatic carbocycles. The lowest BCUT2D eigenvalue weighted by atomic mass is 9.86. The number of aliphatic hydroxyl groups is 2. The monoisotopic (exact) mass is 706 g/mol. The predicted molar refractivity (Wildman–Crippen MR) is 217 cm³/mol. The minimum atomic E-state index is -0.177. The quantitative estimate of drug-likeness (QED) is 0.155. The molecule has 0 unspecified atom stereocenters. The van der Waals surface area contributed by atoms with Crippen molar-refractivity contribution < 1.29 is 28.5 Å². The Morgan fingerprint density at radius 1 is 0.389 bits per heavy atom. The van der Waals surface area contributed by atoms with E-state index in [4.69, 9.17) is 18.3 Å². The van der Waals surface area contributed by atoms with Crippen LogP contribution in [-0.4, -0.2) is 36.6 Å². The molecule has 0 amide bonds. The van der Waals surface area contributed by atoms with Gasteiger partial charge in [0.1, 0.15) is 47.0 Å². The molecule has 0 aliphatic heterocycles. The van der Waals surface area contributed by atoms with E-state index in [1.807, 2.05) is 72.8 Å². The zero-order valence-corrected chi connectivity index (χ0v) is 29.2. The van der Waals surface area contributed by atoms with Gasteiger partial charge in [0.2, 0.25) is 0 Å². The molecular formula is C48H34O6. The van der Waals surface area contributed by atoms with Crippen LogP contribution in [0.5, 0.6) is 11.5 Å². The summed E-state index contributed by atoms with van der Waals surface area (Å²) in [5.74, 6) is 1.18. The SMILES string of the molecule is OCCOc1c(-c2cccc3c2oc2ccccc23)cc2ccccc2c1-c1c(OCCO)c(-c2cccc3c2oc2ccccc23)cc2ccccc12. The molecule has 2 aromatic heterocycles. The fourth-order valence-corrected chi connectivity index (χ4v) is 8.07. The van der Waals surface area contributed by atoms with E-state index in [2.05, 4.69) is 72.8 Å². The van der Waals surface area contributed by atoms with Crippen LogP contribution in [-0.2, 0) is 0 Å². The first-order valence-corrected chi connectivity index (χ1v) is 18.1. The first kappa shape index (κ1) is 32.1. The standard InChI is InChI=1S/C48H34O6/c49-23-25-51-47-39(37-19-9-17-35-33-15-5-7-21-41(33)53-45(35)37)27-29-11-1-3-13-31(29)43(47)44-32-14-4-2-12-30(32)28-40(48(44)52-26-24-50)38-20-10-18-36-34-16-6-8-22-42(34)54-46(36)38/h1-22,27-28,49-50H,23-26H2. The van der Waals surface area contributed by atoms with Gasteiger partial charge in [0.25, 0.3) is 0 Å². The van der Waals surface area contributed by atoms with E-state index in [9.17, 15) is 10.2 Å². The lowest BCUT2D eigenvalue weighted by Crippen LogP contribution is -2.07. The maximum absolute atomic E-state index is 10.2. The molecule has 0 atom stereocenters. The van der Waals surface area contributed by atoms with Gasteiger partial charge in [-0.25, -0.2) is 0 Å². The van der Waals surface area contributed by atoms with E-state index >= 15 is 0 Å². The minimum absolute atomic E-state index is 0.0667. The third kappa shape index (κ3) is 5.03. The number of hydrogen-bond donors (Lipinski definition) is 2. The second kappa shape index (κ2) is 13.1. The van der Waals surface area contributed by atoms with Crippen molar-refractivity contribution in [2.45, 2.75) is 0 Å². The summed E-state index contributed by atoms with van der Waals surface area (Å²) < 4.78 is 26.6. The Kier molecular flexibility index (Phi) is 7.79. The molecule has 0 aliphatic rings.